The number of benzene rings is 2. The van der Waals surface area contributed by atoms with Crippen molar-refractivity contribution in [3.8, 4) is 11.5 Å². The number of hydrogen-bond donors (Lipinski definition) is 2. The van der Waals surface area contributed by atoms with E-state index >= 15 is 0 Å². The van der Waals surface area contributed by atoms with Gasteiger partial charge in [0.2, 0.25) is 0 Å². The van der Waals surface area contributed by atoms with E-state index in [-0.39, 0.29) is 5.91 Å². The third kappa shape index (κ3) is 4.55. The van der Waals surface area contributed by atoms with E-state index in [0.717, 1.165) is 37.6 Å². The Morgan fingerprint density at radius 3 is 2.25 bits per heavy atom. The molecule has 1 saturated heterocycles. The van der Waals surface area contributed by atoms with Gasteiger partial charge in [0.1, 0.15) is 0 Å². The van der Waals surface area contributed by atoms with Crippen LogP contribution in [0, 0.1) is 0 Å². The lowest BCUT2D eigenvalue weighted by atomic mass is 10.1. The van der Waals surface area contributed by atoms with E-state index in [4.69, 9.17) is 14.2 Å². The molecule has 0 unspecified atom stereocenters. The molecule has 0 bridgehead atoms. The van der Waals surface area contributed by atoms with Crippen LogP contribution in [0.15, 0.2) is 49.0 Å². The number of nitrogens with one attached hydrogen (secondary N) is 2. The highest BCUT2D eigenvalue weighted by atomic mass is 16.5. The van der Waals surface area contributed by atoms with E-state index in [1.54, 1.807) is 25.3 Å². The number of rotatable bonds is 7. The summed E-state index contributed by atoms with van der Waals surface area (Å²) in [6.07, 6.45) is 0. The number of hydrazine groups is 1. The van der Waals surface area contributed by atoms with Crippen molar-refractivity contribution < 1.29 is 19.0 Å². The van der Waals surface area contributed by atoms with Crippen molar-refractivity contribution in [3.05, 3.63) is 60.2 Å². The van der Waals surface area contributed by atoms with E-state index in [9.17, 15) is 4.79 Å². The summed E-state index contributed by atoms with van der Waals surface area (Å²) in [5.74, 6) is 0.761. The van der Waals surface area contributed by atoms with E-state index in [1.807, 2.05) is 24.3 Å². The monoisotopic (exact) mass is 383 g/mol. The lowest BCUT2D eigenvalue weighted by Crippen LogP contribution is -2.36. The van der Waals surface area contributed by atoms with Crippen molar-refractivity contribution in [3.63, 3.8) is 0 Å². The van der Waals surface area contributed by atoms with Crippen LogP contribution in [0.1, 0.15) is 15.9 Å². The standard InChI is InChI=1S/C21H25N3O4/c1-15(16-4-7-18(8-5-16)24-10-12-28-13-11-24)22-23-21(25)17-6-9-19(26-2)20(14-17)27-3/h4-9,14,22H,1,10-13H2,2-3H3,(H,23,25). The van der Waals surface area contributed by atoms with Crippen molar-refractivity contribution >= 4 is 17.3 Å². The van der Waals surface area contributed by atoms with Crippen molar-refractivity contribution in [2.24, 2.45) is 0 Å². The van der Waals surface area contributed by atoms with Gasteiger partial charge in [-0.05, 0) is 35.9 Å². The number of carbonyl (C=O) groups is 1. The summed E-state index contributed by atoms with van der Waals surface area (Å²) in [4.78, 5) is 14.7. The summed E-state index contributed by atoms with van der Waals surface area (Å²) in [6, 6.07) is 13.0. The fourth-order valence-corrected chi connectivity index (χ4v) is 2.95. The minimum atomic E-state index is -0.299. The van der Waals surface area contributed by atoms with Gasteiger partial charge in [-0.1, -0.05) is 18.7 Å². The third-order valence-electron chi connectivity index (χ3n) is 4.56. The fraction of sp³-hybridized carbons (Fsp3) is 0.286. The Bertz CT molecular complexity index is 830. The molecule has 1 amide bonds. The van der Waals surface area contributed by atoms with Gasteiger partial charge in [-0.15, -0.1) is 0 Å². The van der Waals surface area contributed by atoms with Gasteiger partial charge < -0.3 is 19.1 Å². The lowest BCUT2D eigenvalue weighted by Gasteiger charge is -2.29. The number of anilines is 1. The summed E-state index contributed by atoms with van der Waals surface area (Å²) in [5, 5.41) is 0. The van der Waals surface area contributed by atoms with E-state index in [2.05, 4.69) is 22.3 Å². The third-order valence-corrected chi connectivity index (χ3v) is 4.56. The van der Waals surface area contributed by atoms with Crippen LogP contribution in [0.5, 0.6) is 11.5 Å². The first kappa shape index (κ1) is 19.6. The highest BCUT2D eigenvalue weighted by molar-refractivity contribution is 5.95. The van der Waals surface area contributed by atoms with Gasteiger partial charge in [-0.3, -0.25) is 15.6 Å². The Labute approximate surface area is 164 Å². The zero-order valence-corrected chi connectivity index (χ0v) is 16.2. The molecule has 0 saturated carbocycles. The SMILES string of the molecule is C=C(NNC(=O)c1ccc(OC)c(OC)c1)c1ccc(N2CCOCC2)cc1. The molecule has 0 radical (unpaired) electrons. The van der Waals surface area contributed by atoms with Crippen LogP contribution in [0.4, 0.5) is 5.69 Å². The summed E-state index contributed by atoms with van der Waals surface area (Å²) >= 11 is 0. The number of methoxy groups -OCH3 is 2. The molecule has 0 atom stereocenters. The topological polar surface area (TPSA) is 72.1 Å². The summed E-state index contributed by atoms with van der Waals surface area (Å²) in [7, 11) is 3.08. The van der Waals surface area contributed by atoms with Crippen LogP contribution in [-0.4, -0.2) is 46.4 Å². The number of nitrogens with zero attached hydrogens (tertiary/aromatic N) is 1. The molecule has 0 spiro atoms. The summed E-state index contributed by atoms with van der Waals surface area (Å²) in [5.41, 5.74) is 8.60. The minimum Gasteiger partial charge on any atom is -0.493 e. The molecule has 1 aliphatic rings. The quantitative estimate of drug-likeness (QED) is 0.716. The minimum absolute atomic E-state index is 0.299. The second kappa shape index (κ2) is 9.14. The highest BCUT2D eigenvalue weighted by Crippen LogP contribution is 2.27. The molecule has 28 heavy (non-hydrogen) atoms. The lowest BCUT2D eigenvalue weighted by molar-refractivity contribution is 0.0942. The van der Waals surface area contributed by atoms with Crippen molar-refractivity contribution in [2.75, 3.05) is 45.4 Å². The molecule has 7 nitrogen and oxygen atoms in total. The van der Waals surface area contributed by atoms with E-state index < -0.39 is 0 Å². The highest BCUT2D eigenvalue weighted by Gasteiger charge is 2.12. The van der Waals surface area contributed by atoms with Crippen LogP contribution in [0.25, 0.3) is 5.70 Å². The van der Waals surface area contributed by atoms with Gasteiger partial charge in [-0.25, -0.2) is 0 Å². The predicted octanol–water partition coefficient (Wildman–Crippen LogP) is 2.45. The molecule has 2 N–H and O–H groups in total. The Kier molecular flexibility index (Phi) is 6.39. The van der Waals surface area contributed by atoms with E-state index in [1.165, 1.54) is 7.11 Å². The Balaban J connectivity index is 1.58. The number of carbonyl (C=O) groups excluding carboxylic acids is 1. The summed E-state index contributed by atoms with van der Waals surface area (Å²) in [6.45, 7) is 7.26. The Morgan fingerprint density at radius 2 is 1.61 bits per heavy atom. The normalized spacial score (nSPS) is 13.6. The number of hydrogen-bond acceptors (Lipinski definition) is 6. The number of ether oxygens (including phenoxy) is 3. The van der Waals surface area contributed by atoms with Gasteiger partial charge in [-0.2, -0.15) is 0 Å². The van der Waals surface area contributed by atoms with Gasteiger partial charge in [0.25, 0.3) is 5.91 Å². The van der Waals surface area contributed by atoms with Crippen LogP contribution < -0.4 is 25.2 Å². The molecular formula is C21H25N3O4. The second-order valence-corrected chi connectivity index (χ2v) is 6.27. The molecule has 1 aliphatic heterocycles. The van der Waals surface area contributed by atoms with Gasteiger partial charge >= 0.3 is 0 Å². The average molecular weight is 383 g/mol. The van der Waals surface area contributed by atoms with Crippen LogP contribution in [-0.2, 0) is 4.74 Å². The van der Waals surface area contributed by atoms with Gasteiger partial charge in [0.15, 0.2) is 11.5 Å². The largest absolute Gasteiger partial charge is 0.493 e. The Morgan fingerprint density at radius 1 is 0.964 bits per heavy atom. The summed E-state index contributed by atoms with van der Waals surface area (Å²) < 4.78 is 15.8. The molecule has 1 fully saturated rings. The first-order chi connectivity index (χ1) is 13.6. The first-order valence-corrected chi connectivity index (χ1v) is 9.03. The first-order valence-electron chi connectivity index (χ1n) is 9.03. The fourth-order valence-electron chi connectivity index (χ4n) is 2.95. The van der Waals surface area contributed by atoms with Gasteiger partial charge in [0.05, 0.1) is 33.1 Å². The zero-order chi connectivity index (χ0) is 19.9. The second-order valence-electron chi connectivity index (χ2n) is 6.27. The molecule has 148 valence electrons. The molecule has 3 rings (SSSR count). The van der Waals surface area contributed by atoms with Crippen LogP contribution in [0.2, 0.25) is 0 Å². The smallest absolute Gasteiger partial charge is 0.269 e. The van der Waals surface area contributed by atoms with Gasteiger partial charge in [0, 0.05) is 24.3 Å². The molecule has 2 aromatic carbocycles. The Hall–Kier alpha value is -3.19. The molecule has 2 aromatic rings. The van der Waals surface area contributed by atoms with Crippen molar-refractivity contribution in [1.82, 2.24) is 10.9 Å². The average Bonchev–Trinajstić information content (AvgIpc) is 2.77. The molecule has 0 aromatic heterocycles. The van der Waals surface area contributed by atoms with Crippen LogP contribution >= 0.6 is 0 Å². The maximum absolute atomic E-state index is 12.4. The van der Waals surface area contributed by atoms with Crippen molar-refractivity contribution in [2.45, 2.75) is 0 Å². The molecule has 0 aliphatic carbocycles. The maximum atomic E-state index is 12.4. The van der Waals surface area contributed by atoms with Crippen LogP contribution in [0.3, 0.4) is 0 Å². The zero-order valence-electron chi connectivity index (χ0n) is 16.2. The molecule has 7 heteroatoms. The van der Waals surface area contributed by atoms with Crippen molar-refractivity contribution in [1.29, 1.82) is 0 Å². The molecule has 1 heterocycles. The number of amides is 1. The number of morpholine rings is 1. The maximum Gasteiger partial charge on any atom is 0.269 e. The molecular weight excluding hydrogens is 358 g/mol. The van der Waals surface area contributed by atoms with E-state index in [0.29, 0.717) is 22.8 Å². The predicted molar refractivity (Wildman–Crippen MR) is 109 cm³/mol.